The first-order valence-electron chi connectivity index (χ1n) is 5.69. The summed E-state index contributed by atoms with van der Waals surface area (Å²) in [5.74, 6) is -0.637. The Morgan fingerprint density at radius 1 is 0.778 bits per heavy atom. The standard InChI is InChI=1S/C16H7F2/c17-12-7-10-2-1-9-4-6-14(18)13-5-3-11(8-12)15(10)16(9)13/h1-7H. The summed E-state index contributed by atoms with van der Waals surface area (Å²) >= 11 is 0. The molecule has 0 amide bonds. The molecule has 0 aliphatic carbocycles. The Hall–Kier alpha value is -2.22. The number of hydrogen-bond donors (Lipinski definition) is 0. The van der Waals surface area contributed by atoms with Crippen LogP contribution in [0.3, 0.4) is 0 Å². The van der Waals surface area contributed by atoms with Crippen molar-refractivity contribution in [3.63, 3.8) is 0 Å². The summed E-state index contributed by atoms with van der Waals surface area (Å²) in [6.45, 7) is 0. The molecule has 18 heavy (non-hydrogen) atoms. The van der Waals surface area contributed by atoms with E-state index in [0.29, 0.717) is 10.8 Å². The third kappa shape index (κ3) is 1.12. The van der Waals surface area contributed by atoms with Crippen LogP contribution in [0.1, 0.15) is 0 Å². The molecule has 0 saturated carbocycles. The highest BCUT2D eigenvalue weighted by atomic mass is 19.1. The third-order valence-corrected chi connectivity index (χ3v) is 3.43. The topological polar surface area (TPSA) is 0 Å². The lowest BCUT2D eigenvalue weighted by Crippen LogP contribution is -1.87. The minimum atomic E-state index is -0.388. The first kappa shape index (κ1) is 9.77. The second-order valence-corrected chi connectivity index (χ2v) is 4.45. The average molecular weight is 237 g/mol. The van der Waals surface area contributed by atoms with E-state index in [1.807, 2.05) is 12.1 Å². The maximum atomic E-state index is 13.8. The van der Waals surface area contributed by atoms with Gasteiger partial charge in [-0.15, -0.1) is 0 Å². The van der Waals surface area contributed by atoms with Crippen molar-refractivity contribution >= 4 is 32.3 Å². The maximum Gasteiger partial charge on any atom is 0.132 e. The molecule has 0 nitrogen and oxygen atoms in total. The van der Waals surface area contributed by atoms with Crippen molar-refractivity contribution < 1.29 is 8.78 Å². The van der Waals surface area contributed by atoms with Gasteiger partial charge < -0.3 is 0 Å². The highest BCUT2D eigenvalue weighted by Crippen LogP contribution is 2.35. The fourth-order valence-corrected chi connectivity index (χ4v) is 2.66. The molecule has 0 aromatic heterocycles. The van der Waals surface area contributed by atoms with E-state index in [2.05, 4.69) is 6.07 Å². The summed E-state index contributed by atoms with van der Waals surface area (Å²) in [5.41, 5.74) is 0. The van der Waals surface area contributed by atoms with Crippen molar-refractivity contribution in [1.82, 2.24) is 0 Å². The van der Waals surface area contributed by atoms with Crippen molar-refractivity contribution in [3.8, 4) is 0 Å². The number of hydrogen-bond acceptors (Lipinski definition) is 0. The molecule has 4 rings (SSSR count). The molecule has 0 unspecified atom stereocenters. The Morgan fingerprint density at radius 3 is 2.44 bits per heavy atom. The Kier molecular flexibility index (Phi) is 1.72. The fraction of sp³-hybridized carbons (Fsp3) is 0. The van der Waals surface area contributed by atoms with E-state index in [-0.39, 0.29) is 11.6 Å². The molecule has 0 fully saturated rings. The second kappa shape index (κ2) is 3.16. The van der Waals surface area contributed by atoms with Gasteiger partial charge in [-0.2, -0.15) is 0 Å². The third-order valence-electron chi connectivity index (χ3n) is 3.43. The zero-order chi connectivity index (χ0) is 12.3. The molecular weight excluding hydrogens is 230 g/mol. The van der Waals surface area contributed by atoms with Crippen LogP contribution >= 0.6 is 0 Å². The van der Waals surface area contributed by atoms with E-state index in [0.717, 1.165) is 21.5 Å². The monoisotopic (exact) mass is 237 g/mol. The Labute approximate surface area is 102 Å². The molecule has 85 valence electrons. The summed E-state index contributed by atoms with van der Waals surface area (Å²) in [6, 6.07) is 14.5. The van der Waals surface area contributed by atoms with Crippen molar-refractivity contribution in [2.24, 2.45) is 0 Å². The van der Waals surface area contributed by atoms with Gasteiger partial charge in [0.2, 0.25) is 0 Å². The summed E-state index contributed by atoms with van der Waals surface area (Å²) in [6.07, 6.45) is 0. The zero-order valence-corrected chi connectivity index (χ0v) is 9.30. The summed E-state index contributed by atoms with van der Waals surface area (Å²) in [4.78, 5) is 0. The molecule has 0 N–H and O–H groups in total. The van der Waals surface area contributed by atoms with Crippen LogP contribution in [0.15, 0.2) is 42.5 Å². The van der Waals surface area contributed by atoms with Crippen molar-refractivity contribution in [2.45, 2.75) is 0 Å². The Morgan fingerprint density at radius 2 is 1.56 bits per heavy atom. The molecule has 0 heterocycles. The fourth-order valence-electron chi connectivity index (χ4n) is 2.66. The molecule has 0 spiro atoms. The molecule has 2 heteroatoms. The molecule has 4 aromatic rings. The van der Waals surface area contributed by atoms with E-state index in [1.54, 1.807) is 18.2 Å². The van der Waals surface area contributed by atoms with Gasteiger partial charge in [0.1, 0.15) is 11.6 Å². The van der Waals surface area contributed by atoms with Gasteiger partial charge >= 0.3 is 0 Å². The normalized spacial score (nSPS) is 11.9. The minimum absolute atomic E-state index is 0.249. The lowest BCUT2D eigenvalue weighted by Gasteiger charge is -2.10. The van der Waals surface area contributed by atoms with Gasteiger partial charge in [-0.3, -0.25) is 0 Å². The van der Waals surface area contributed by atoms with E-state index >= 15 is 0 Å². The van der Waals surface area contributed by atoms with Crippen LogP contribution < -0.4 is 0 Å². The van der Waals surface area contributed by atoms with Gasteiger partial charge in [0.25, 0.3) is 0 Å². The predicted molar refractivity (Wildman–Crippen MR) is 68.9 cm³/mol. The van der Waals surface area contributed by atoms with Crippen LogP contribution in [0.25, 0.3) is 32.3 Å². The molecule has 0 saturated heterocycles. The van der Waals surface area contributed by atoms with Crippen molar-refractivity contribution in [1.29, 1.82) is 0 Å². The van der Waals surface area contributed by atoms with Crippen LogP contribution in [0.4, 0.5) is 8.78 Å². The molecule has 1 radical (unpaired) electrons. The van der Waals surface area contributed by atoms with Gasteiger partial charge in [0.15, 0.2) is 0 Å². The highest BCUT2D eigenvalue weighted by Gasteiger charge is 2.11. The van der Waals surface area contributed by atoms with E-state index in [4.69, 9.17) is 0 Å². The molecular formula is C16H7F2. The number of halogens is 2. The van der Waals surface area contributed by atoms with Crippen molar-refractivity contribution in [3.05, 3.63) is 60.2 Å². The van der Waals surface area contributed by atoms with E-state index in [1.165, 1.54) is 12.1 Å². The van der Waals surface area contributed by atoms with Crippen LogP contribution in [-0.4, -0.2) is 0 Å². The summed E-state index contributed by atoms with van der Waals surface area (Å²) < 4.78 is 27.2. The first-order chi connectivity index (χ1) is 8.74. The van der Waals surface area contributed by atoms with Gasteiger partial charge in [-0.1, -0.05) is 30.3 Å². The van der Waals surface area contributed by atoms with Crippen LogP contribution in [-0.2, 0) is 0 Å². The summed E-state index contributed by atoms with van der Waals surface area (Å²) in [7, 11) is 0. The number of benzene rings is 4. The molecule has 0 aliphatic rings. The molecule has 0 aliphatic heterocycles. The van der Waals surface area contributed by atoms with Gasteiger partial charge in [0, 0.05) is 16.8 Å². The summed E-state index contributed by atoms with van der Waals surface area (Å²) in [5, 5.41) is 4.74. The average Bonchev–Trinajstić information content (AvgIpc) is 2.37. The van der Waals surface area contributed by atoms with Crippen LogP contribution in [0, 0.1) is 17.7 Å². The molecule has 4 aromatic carbocycles. The lowest BCUT2D eigenvalue weighted by molar-refractivity contribution is 0.629. The van der Waals surface area contributed by atoms with Crippen LogP contribution in [0.5, 0.6) is 0 Å². The van der Waals surface area contributed by atoms with Gasteiger partial charge in [-0.05, 0) is 33.7 Å². The van der Waals surface area contributed by atoms with E-state index < -0.39 is 0 Å². The van der Waals surface area contributed by atoms with Gasteiger partial charge in [0.05, 0.1) is 0 Å². The SMILES string of the molecule is Fc1[c]c2ccc3c(F)ccc4ccc(c1)c2c43. The van der Waals surface area contributed by atoms with Crippen LogP contribution in [0.2, 0.25) is 0 Å². The van der Waals surface area contributed by atoms with Crippen molar-refractivity contribution in [2.75, 3.05) is 0 Å². The lowest BCUT2D eigenvalue weighted by atomic mass is 9.94. The minimum Gasteiger partial charge on any atom is -0.206 e. The maximum absolute atomic E-state index is 13.8. The van der Waals surface area contributed by atoms with Gasteiger partial charge in [-0.25, -0.2) is 8.78 Å². The largest absolute Gasteiger partial charge is 0.206 e. The zero-order valence-electron chi connectivity index (χ0n) is 9.30. The Bertz CT molecular complexity index is 875. The Balaban J connectivity index is 2.44. The van der Waals surface area contributed by atoms with E-state index in [9.17, 15) is 8.78 Å². The second-order valence-electron chi connectivity index (χ2n) is 4.45. The smallest absolute Gasteiger partial charge is 0.132 e. The first-order valence-corrected chi connectivity index (χ1v) is 5.69. The predicted octanol–water partition coefficient (Wildman–Crippen LogP) is 4.66. The highest BCUT2D eigenvalue weighted by molar-refractivity contribution is 6.22. The molecule has 0 atom stereocenters. The number of rotatable bonds is 0. The quantitative estimate of drug-likeness (QED) is 0.390. The molecule has 0 bridgehead atoms.